The Morgan fingerprint density at radius 1 is 1.08 bits per heavy atom. The van der Waals surface area contributed by atoms with E-state index in [1.165, 1.54) is 4.90 Å². The van der Waals surface area contributed by atoms with Crippen molar-refractivity contribution in [3.63, 3.8) is 0 Å². The molecule has 0 fully saturated rings. The second kappa shape index (κ2) is 10.4. The highest BCUT2D eigenvalue weighted by Crippen LogP contribution is 2.08. The summed E-state index contributed by atoms with van der Waals surface area (Å²) in [7, 11) is 1.60. The highest BCUT2D eigenvalue weighted by Gasteiger charge is 2.19. The molecule has 1 rings (SSSR count). The predicted octanol–water partition coefficient (Wildman–Crippen LogP) is 2.49. The van der Waals surface area contributed by atoms with Crippen molar-refractivity contribution in [2.24, 2.45) is 0 Å². The molecule has 0 aliphatic carbocycles. The number of rotatable bonds is 8. The van der Waals surface area contributed by atoms with Gasteiger partial charge in [0.15, 0.2) is 0 Å². The molecule has 2 amide bonds. The molecule has 26 heavy (non-hydrogen) atoms. The number of hydrogen-bond donors (Lipinski definition) is 1. The Balaban J connectivity index is 2.16. The maximum Gasteiger partial charge on any atom is 0.410 e. The molecule has 144 valence electrons. The topological polar surface area (TPSA) is 84.9 Å². The maximum absolute atomic E-state index is 11.8. The van der Waals surface area contributed by atoms with Crippen molar-refractivity contribution in [3.05, 3.63) is 35.9 Å². The molecule has 0 bridgehead atoms. The van der Waals surface area contributed by atoms with Gasteiger partial charge >= 0.3 is 12.1 Å². The average molecular weight is 364 g/mol. The molecular formula is C19H28N2O5. The van der Waals surface area contributed by atoms with Crippen LogP contribution >= 0.6 is 0 Å². The second-order valence-corrected chi connectivity index (χ2v) is 6.90. The molecule has 0 heterocycles. The van der Waals surface area contributed by atoms with Gasteiger partial charge in [0.05, 0.1) is 6.42 Å². The van der Waals surface area contributed by atoms with Gasteiger partial charge in [-0.2, -0.15) is 0 Å². The van der Waals surface area contributed by atoms with Gasteiger partial charge in [-0.25, -0.2) is 4.79 Å². The predicted molar refractivity (Wildman–Crippen MR) is 97.3 cm³/mol. The lowest BCUT2D eigenvalue weighted by molar-refractivity contribution is -0.146. The molecule has 1 aromatic carbocycles. The number of nitrogens with zero attached hydrogens (tertiary/aromatic N) is 1. The van der Waals surface area contributed by atoms with E-state index in [0.29, 0.717) is 6.54 Å². The van der Waals surface area contributed by atoms with Crippen molar-refractivity contribution in [2.75, 3.05) is 20.1 Å². The minimum atomic E-state index is -0.561. The van der Waals surface area contributed by atoms with E-state index in [-0.39, 0.29) is 31.9 Å². The van der Waals surface area contributed by atoms with Gasteiger partial charge in [-0.05, 0) is 26.3 Å². The van der Waals surface area contributed by atoms with Crippen molar-refractivity contribution in [1.82, 2.24) is 10.2 Å². The molecule has 0 aromatic heterocycles. The van der Waals surface area contributed by atoms with E-state index in [0.717, 1.165) is 5.56 Å². The monoisotopic (exact) mass is 364 g/mol. The largest absolute Gasteiger partial charge is 0.461 e. The molecule has 1 N–H and O–H groups in total. The van der Waals surface area contributed by atoms with Gasteiger partial charge in [-0.15, -0.1) is 0 Å². The number of nitrogens with one attached hydrogen (secondary N) is 1. The van der Waals surface area contributed by atoms with Crippen LogP contribution in [0.4, 0.5) is 4.79 Å². The Morgan fingerprint density at radius 2 is 1.73 bits per heavy atom. The highest BCUT2D eigenvalue weighted by molar-refractivity contribution is 5.81. The molecule has 0 radical (unpaired) electrons. The normalized spacial score (nSPS) is 10.8. The average Bonchev–Trinajstić information content (AvgIpc) is 2.57. The molecule has 0 aliphatic rings. The Morgan fingerprint density at radius 3 is 2.35 bits per heavy atom. The van der Waals surface area contributed by atoms with Crippen LogP contribution in [0, 0.1) is 0 Å². The maximum atomic E-state index is 11.8. The summed E-state index contributed by atoms with van der Waals surface area (Å²) in [5, 5.41) is 2.66. The Bertz CT molecular complexity index is 596. The van der Waals surface area contributed by atoms with Gasteiger partial charge < -0.3 is 19.7 Å². The van der Waals surface area contributed by atoms with Crippen molar-refractivity contribution in [2.45, 2.75) is 45.8 Å². The first-order chi connectivity index (χ1) is 12.2. The number of benzene rings is 1. The van der Waals surface area contributed by atoms with Gasteiger partial charge in [0.1, 0.15) is 12.2 Å². The van der Waals surface area contributed by atoms with Crippen molar-refractivity contribution < 1.29 is 23.9 Å². The van der Waals surface area contributed by atoms with Crippen molar-refractivity contribution in [1.29, 1.82) is 0 Å². The summed E-state index contributed by atoms with van der Waals surface area (Å²) < 4.78 is 10.3. The van der Waals surface area contributed by atoms with E-state index >= 15 is 0 Å². The minimum Gasteiger partial charge on any atom is -0.461 e. The number of ether oxygens (including phenoxy) is 2. The second-order valence-electron chi connectivity index (χ2n) is 6.90. The van der Waals surface area contributed by atoms with Crippen LogP contribution in [0.2, 0.25) is 0 Å². The first kappa shape index (κ1) is 21.5. The molecule has 0 saturated carbocycles. The van der Waals surface area contributed by atoms with E-state index < -0.39 is 17.7 Å². The number of carbonyl (C=O) groups is 3. The lowest BCUT2D eigenvalue weighted by Crippen LogP contribution is -2.39. The quantitative estimate of drug-likeness (QED) is 0.717. The van der Waals surface area contributed by atoms with Gasteiger partial charge in [0.2, 0.25) is 5.91 Å². The summed E-state index contributed by atoms with van der Waals surface area (Å²) in [6.07, 6.45) is -0.388. The molecule has 0 aliphatic heterocycles. The van der Waals surface area contributed by atoms with Crippen molar-refractivity contribution in [3.8, 4) is 0 Å². The lowest BCUT2D eigenvalue weighted by Gasteiger charge is -2.24. The zero-order valence-corrected chi connectivity index (χ0v) is 15.9. The number of hydrogen-bond acceptors (Lipinski definition) is 5. The molecule has 0 spiro atoms. The Labute approximate surface area is 154 Å². The van der Waals surface area contributed by atoms with Crippen LogP contribution in [-0.4, -0.2) is 48.6 Å². The van der Waals surface area contributed by atoms with E-state index in [1.807, 2.05) is 30.3 Å². The number of amides is 2. The van der Waals surface area contributed by atoms with E-state index in [9.17, 15) is 14.4 Å². The zero-order valence-electron chi connectivity index (χ0n) is 15.9. The van der Waals surface area contributed by atoms with Gasteiger partial charge in [0, 0.05) is 26.6 Å². The van der Waals surface area contributed by atoms with Crippen LogP contribution in [0.5, 0.6) is 0 Å². The standard InChI is InChI=1S/C19H28N2O5/c1-19(2,3)26-18(24)21(4)13-12-20-16(22)10-11-17(23)25-14-15-8-6-5-7-9-15/h5-9H,10-14H2,1-4H3,(H,20,22). The molecule has 0 unspecified atom stereocenters. The Kier molecular flexibility index (Phi) is 8.61. The fraction of sp³-hybridized carbons (Fsp3) is 0.526. The molecule has 0 atom stereocenters. The first-order valence-electron chi connectivity index (χ1n) is 8.58. The smallest absolute Gasteiger partial charge is 0.410 e. The van der Waals surface area contributed by atoms with Gasteiger partial charge in [-0.1, -0.05) is 30.3 Å². The third kappa shape index (κ3) is 9.66. The molecule has 7 nitrogen and oxygen atoms in total. The Hall–Kier alpha value is -2.57. The summed E-state index contributed by atoms with van der Waals surface area (Å²) in [5.41, 5.74) is 0.338. The first-order valence-corrected chi connectivity index (χ1v) is 8.58. The SMILES string of the molecule is CN(CCNC(=O)CCC(=O)OCc1ccccc1)C(=O)OC(C)(C)C. The summed E-state index contributed by atoms with van der Waals surface area (Å²) in [5.74, 6) is -0.686. The fourth-order valence-corrected chi connectivity index (χ4v) is 1.91. The summed E-state index contributed by atoms with van der Waals surface area (Å²) >= 11 is 0. The molecule has 7 heteroatoms. The van der Waals surface area contributed by atoms with Crippen LogP contribution in [0.15, 0.2) is 30.3 Å². The van der Waals surface area contributed by atoms with Crippen LogP contribution in [0.3, 0.4) is 0 Å². The summed E-state index contributed by atoms with van der Waals surface area (Å²) in [6.45, 7) is 6.17. The number of carbonyl (C=O) groups excluding carboxylic acids is 3. The van der Waals surface area contributed by atoms with Crippen LogP contribution < -0.4 is 5.32 Å². The van der Waals surface area contributed by atoms with E-state index in [4.69, 9.17) is 9.47 Å². The van der Waals surface area contributed by atoms with Gasteiger partial charge in [0.25, 0.3) is 0 Å². The van der Waals surface area contributed by atoms with Crippen molar-refractivity contribution >= 4 is 18.0 Å². The third-order valence-electron chi connectivity index (χ3n) is 3.27. The van der Waals surface area contributed by atoms with Crippen LogP contribution in [0.25, 0.3) is 0 Å². The molecule has 0 saturated heterocycles. The zero-order chi connectivity index (χ0) is 19.6. The number of esters is 1. The van der Waals surface area contributed by atoms with Crippen LogP contribution in [0.1, 0.15) is 39.2 Å². The van der Waals surface area contributed by atoms with Crippen LogP contribution in [-0.2, 0) is 25.7 Å². The minimum absolute atomic E-state index is 0.0145. The lowest BCUT2D eigenvalue weighted by atomic mass is 10.2. The fourth-order valence-electron chi connectivity index (χ4n) is 1.91. The molecular weight excluding hydrogens is 336 g/mol. The van der Waals surface area contributed by atoms with E-state index in [1.54, 1.807) is 27.8 Å². The van der Waals surface area contributed by atoms with E-state index in [2.05, 4.69) is 5.32 Å². The highest BCUT2D eigenvalue weighted by atomic mass is 16.6. The number of likely N-dealkylation sites (N-methyl/N-ethyl adjacent to an activating group) is 1. The molecule has 1 aromatic rings. The summed E-state index contributed by atoms with van der Waals surface area (Å²) in [6, 6.07) is 9.34. The third-order valence-corrected chi connectivity index (χ3v) is 3.27. The summed E-state index contributed by atoms with van der Waals surface area (Å²) in [4.78, 5) is 36.6. The van der Waals surface area contributed by atoms with Gasteiger partial charge in [-0.3, -0.25) is 9.59 Å².